The highest BCUT2D eigenvalue weighted by Crippen LogP contribution is 2.19. The summed E-state index contributed by atoms with van der Waals surface area (Å²) in [4.78, 5) is 32.3. The predicted molar refractivity (Wildman–Crippen MR) is 203 cm³/mol. The standard InChI is InChI=1S/C39H56F2N4O6S/c1-8-14-35(15-9-2)52(49,50)27-32(23-42-39(48)51-26-28(6)45(11-4)12-5)38(47)43-36(21-31-19-33(40)22-34(41)20-31)37(46)25-44(7)24-30-17-13-16-29(10-3)18-30/h13,16-20,22-23,32,35-37,46H,6-12,14-15,21,24-27H2,1-5H3/p+1/b42-23+/t32?,36-,37+/m0/s1. The fraction of sp³-hybridized carbons (Fsp3) is 0.538. The average Bonchev–Trinajstić information content (AvgIpc) is 3.08. The number of nitrogens with one attached hydrogen (secondary N) is 1. The summed E-state index contributed by atoms with van der Waals surface area (Å²) in [6.07, 6.45) is 1.27. The summed E-state index contributed by atoms with van der Waals surface area (Å²) in [5, 5.41) is 13.4. The Morgan fingerprint density at radius 3 is 2.19 bits per heavy atom. The van der Waals surface area contributed by atoms with Gasteiger partial charge in [0.1, 0.15) is 31.1 Å². The molecule has 0 saturated heterocycles. The summed E-state index contributed by atoms with van der Waals surface area (Å²) >= 11 is 0. The number of rotatable bonds is 23. The number of hydrogen-bond acceptors (Lipinski definition) is 7. The molecule has 0 fully saturated rings. The monoisotopic (exact) mass is 747 g/mol. The van der Waals surface area contributed by atoms with Crippen LogP contribution in [0.3, 0.4) is 0 Å². The number of ether oxygens (including phenoxy) is 1. The first-order valence-electron chi connectivity index (χ1n) is 18.1. The Bertz CT molecular complexity index is 1600. The number of benzene rings is 2. The van der Waals surface area contributed by atoms with Crippen LogP contribution < -0.4 is 5.32 Å². The van der Waals surface area contributed by atoms with Gasteiger partial charge in [0.05, 0.1) is 23.0 Å². The zero-order valence-corrected chi connectivity index (χ0v) is 32.1. The predicted octanol–water partition coefficient (Wildman–Crippen LogP) is 5.89. The lowest BCUT2D eigenvalue weighted by Gasteiger charge is -2.26. The van der Waals surface area contributed by atoms with Crippen LogP contribution in [0, 0.1) is 17.6 Å². The molecule has 10 nitrogen and oxygen atoms in total. The van der Waals surface area contributed by atoms with Crippen molar-refractivity contribution in [2.45, 2.75) is 97.1 Å². The normalized spacial score (nSPS) is 13.5. The second kappa shape index (κ2) is 22.2. The zero-order valence-electron chi connectivity index (χ0n) is 31.3. The molecule has 2 aromatic carbocycles. The Morgan fingerprint density at radius 1 is 1.00 bits per heavy atom. The summed E-state index contributed by atoms with van der Waals surface area (Å²) in [6.45, 7) is 19.1. The number of sulfone groups is 1. The molecule has 2 aromatic rings. The molecule has 52 heavy (non-hydrogen) atoms. The number of likely N-dealkylation sites (N-methyl/N-ethyl adjacent to an activating group) is 1. The van der Waals surface area contributed by atoms with E-state index in [4.69, 9.17) is 4.74 Å². The van der Waals surface area contributed by atoms with Crippen LogP contribution in [0.5, 0.6) is 0 Å². The van der Waals surface area contributed by atoms with Crippen LogP contribution in [0.15, 0.2) is 59.7 Å². The van der Waals surface area contributed by atoms with Crippen molar-refractivity contribution < 1.29 is 41.2 Å². The average molecular weight is 748 g/mol. The molecule has 0 spiro atoms. The Morgan fingerprint density at radius 2 is 1.62 bits per heavy atom. The van der Waals surface area contributed by atoms with Gasteiger partial charge < -0.3 is 20.1 Å². The number of aliphatic imine (C=N–C) groups is 1. The summed E-state index contributed by atoms with van der Waals surface area (Å²) in [5.74, 6) is -4.61. The molecular weight excluding hydrogens is 691 g/mol. The molecule has 0 aliphatic rings. The molecule has 1 unspecified atom stereocenters. The number of aryl methyl sites for hydroxylation is 1. The number of carbonyl (C=O) groups excluding carboxylic acids is 2. The summed E-state index contributed by atoms with van der Waals surface area (Å²) in [7, 11) is -3.87. The molecule has 2 N–H and O–H groups in total. The summed E-state index contributed by atoms with van der Waals surface area (Å²) in [6, 6.07) is 9.66. The lowest BCUT2D eigenvalue weighted by molar-refractivity contribution is -0.544. The maximum absolute atomic E-state index is 14.2. The number of aliphatic hydroxyl groups excluding tert-OH is 1. The number of hydrogen-bond donors (Lipinski definition) is 2. The Hall–Kier alpha value is -3.97. The van der Waals surface area contributed by atoms with E-state index in [0.29, 0.717) is 57.1 Å². The van der Waals surface area contributed by atoms with Crippen molar-refractivity contribution in [2.75, 3.05) is 32.0 Å². The highest BCUT2D eigenvalue weighted by molar-refractivity contribution is 7.92. The van der Waals surface area contributed by atoms with E-state index in [0.717, 1.165) is 35.9 Å². The van der Waals surface area contributed by atoms with Gasteiger partial charge in [-0.1, -0.05) is 58.4 Å². The number of carbonyl (C=O) groups is 2. The molecule has 288 valence electrons. The second-order valence-corrected chi connectivity index (χ2v) is 15.4. The lowest BCUT2D eigenvalue weighted by atomic mass is 9.99. The van der Waals surface area contributed by atoms with Crippen LogP contribution in [0.2, 0.25) is 0 Å². The van der Waals surface area contributed by atoms with Crippen molar-refractivity contribution in [3.63, 3.8) is 0 Å². The number of halogens is 2. The van der Waals surface area contributed by atoms with Gasteiger partial charge in [0, 0.05) is 36.6 Å². The topological polar surface area (TPSA) is 128 Å². The molecule has 0 aliphatic heterocycles. The van der Waals surface area contributed by atoms with Gasteiger partial charge in [0.2, 0.25) is 5.91 Å². The third-order valence-corrected chi connectivity index (χ3v) is 11.1. The lowest BCUT2D eigenvalue weighted by Crippen LogP contribution is -2.51. The van der Waals surface area contributed by atoms with Crippen LogP contribution in [0.4, 0.5) is 13.6 Å². The van der Waals surface area contributed by atoms with E-state index < -0.39 is 62.5 Å². The van der Waals surface area contributed by atoms with Crippen molar-refractivity contribution in [3.05, 3.63) is 83.1 Å². The van der Waals surface area contributed by atoms with Gasteiger partial charge in [-0.05, 0) is 68.9 Å². The molecule has 0 saturated carbocycles. The number of nitrogens with zero attached hydrogens (tertiary/aromatic N) is 3. The van der Waals surface area contributed by atoms with Crippen LogP contribution in [-0.4, -0.2) is 97.3 Å². The highest BCUT2D eigenvalue weighted by atomic mass is 32.2. The Kier molecular flexibility index (Phi) is 18.8. The van der Waals surface area contributed by atoms with E-state index in [9.17, 15) is 31.9 Å². The van der Waals surface area contributed by atoms with Gasteiger partial charge in [-0.25, -0.2) is 26.6 Å². The van der Waals surface area contributed by atoms with E-state index in [2.05, 4.69) is 23.6 Å². The largest absolute Gasteiger partial charge is 0.442 e. The third kappa shape index (κ3) is 14.9. The van der Waals surface area contributed by atoms with Crippen molar-refractivity contribution in [1.82, 2.24) is 10.2 Å². The minimum absolute atomic E-state index is 0.0476. The van der Waals surface area contributed by atoms with Crippen molar-refractivity contribution in [1.29, 1.82) is 0 Å². The third-order valence-electron chi connectivity index (χ3n) is 8.83. The quantitative estimate of drug-likeness (QED) is 0.107. The van der Waals surface area contributed by atoms with Gasteiger partial charge in [-0.3, -0.25) is 4.79 Å². The molecule has 0 bridgehead atoms. The highest BCUT2D eigenvalue weighted by Gasteiger charge is 2.33. The molecule has 0 aliphatic carbocycles. The molecule has 0 radical (unpaired) electrons. The molecular formula is C39H57F2N4O6S+. The first kappa shape index (κ1) is 44.2. The van der Waals surface area contributed by atoms with Gasteiger partial charge in [0.25, 0.3) is 0 Å². The maximum Gasteiger partial charge on any atom is 0.433 e. The van der Waals surface area contributed by atoms with E-state index in [-0.39, 0.29) is 25.1 Å². The molecule has 3 atom stereocenters. The van der Waals surface area contributed by atoms with Crippen LogP contribution in [0.25, 0.3) is 0 Å². The first-order valence-corrected chi connectivity index (χ1v) is 19.8. The number of aliphatic hydroxyl groups is 1. The van der Waals surface area contributed by atoms with Crippen molar-refractivity contribution in [3.8, 4) is 0 Å². The first-order chi connectivity index (χ1) is 24.7. The minimum atomic E-state index is -3.87. The second-order valence-electron chi connectivity index (χ2n) is 13.1. The number of amides is 2. The Labute approximate surface area is 308 Å². The molecule has 2 rings (SSSR count). The Balaban J connectivity index is 2.42. The van der Waals surface area contributed by atoms with Crippen LogP contribution in [-0.2, 0) is 38.8 Å². The fourth-order valence-corrected chi connectivity index (χ4v) is 8.23. The molecule has 2 amide bonds. The molecule has 0 heterocycles. The van der Waals surface area contributed by atoms with Gasteiger partial charge >= 0.3 is 6.09 Å². The van der Waals surface area contributed by atoms with Gasteiger partial charge in [-0.15, -0.1) is 0 Å². The fourth-order valence-electron chi connectivity index (χ4n) is 6.03. The maximum atomic E-state index is 14.2. The summed E-state index contributed by atoms with van der Waals surface area (Å²) < 4.78 is 62.5. The van der Waals surface area contributed by atoms with Gasteiger partial charge in [0.15, 0.2) is 22.9 Å². The van der Waals surface area contributed by atoms with Crippen molar-refractivity contribution in [2.24, 2.45) is 10.9 Å². The SMILES string of the molecule is C=C(COC(=O)/N=C/C(CS(=O)(=O)C(CCC)CCC)C(=O)N[C@@H](Cc1cc(F)cc(F)c1)[C@H](O)C[N+](=C)Cc1cccc(CC)c1)N(CC)CC. The van der Waals surface area contributed by atoms with Crippen LogP contribution in [0.1, 0.15) is 77.0 Å². The van der Waals surface area contributed by atoms with Crippen LogP contribution >= 0.6 is 0 Å². The van der Waals surface area contributed by atoms with E-state index in [1.807, 2.05) is 63.8 Å². The molecule has 13 heteroatoms. The van der Waals surface area contributed by atoms with Crippen molar-refractivity contribution >= 4 is 34.8 Å². The van der Waals surface area contributed by atoms with Gasteiger partial charge in [-0.2, -0.15) is 4.99 Å². The van der Waals surface area contributed by atoms with E-state index in [1.54, 1.807) is 4.58 Å². The van der Waals surface area contributed by atoms with E-state index >= 15 is 0 Å². The zero-order chi connectivity index (χ0) is 38.8. The smallest absolute Gasteiger partial charge is 0.433 e. The summed E-state index contributed by atoms with van der Waals surface area (Å²) in [5.41, 5.74) is 2.80. The molecule has 0 aromatic heterocycles. The van der Waals surface area contributed by atoms with E-state index in [1.165, 1.54) is 0 Å². The minimum Gasteiger partial charge on any atom is -0.442 e.